The van der Waals surface area contributed by atoms with Gasteiger partial charge in [0.05, 0.1) is 38.9 Å². The smallest absolute Gasteiger partial charge is 0.326 e. The van der Waals surface area contributed by atoms with Gasteiger partial charge in [-0.15, -0.1) is 0 Å². The van der Waals surface area contributed by atoms with Crippen LogP contribution in [0.3, 0.4) is 0 Å². The van der Waals surface area contributed by atoms with Crippen LogP contribution in [0.2, 0.25) is 5.02 Å². The van der Waals surface area contributed by atoms with Crippen molar-refractivity contribution in [3.05, 3.63) is 34.9 Å². The van der Waals surface area contributed by atoms with E-state index in [2.05, 4.69) is 84.4 Å². The molecule has 0 heterocycles. The SMILES string of the molecule is CC[C@H](C)[C@H](NC(=O)[C@H](C)NC(=O)[C@H](CC(C)C)NC(=O)[C@H](CCC(N)=O)NC(=O)[C@H](CCCN=C(N)N)NC(=O)CNC(=O)[C@@H](NC(=O)[C@H](CCC(N)=O)NC(=O)CN)C(C)C)C(=O)N[C@H](C(=O)NCC(=O)N[C@@H](CC(=O)O)C(=O)N[C@@H](CC(=O)O)C(=O)N[C@@H](Cc1cccc(Cl)c1)C(=O)N[C@@H](CC(N)=O)C(=O)N[C@@H](CCCN=C(N)N)C(=O)O)[C@@H](C)CC. The van der Waals surface area contributed by atoms with E-state index in [1.54, 1.807) is 48.5 Å². The molecule has 125 heavy (non-hydrogen) atoms. The van der Waals surface area contributed by atoms with Gasteiger partial charge in [0.2, 0.25) is 106 Å². The van der Waals surface area contributed by atoms with Crippen molar-refractivity contribution in [1.82, 2.24) is 79.8 Å². The Morgan fingerprint density at radius 1 is 0.392 bits per heavy atom. The number of nitrogens with two attached hydrogens (primary N) is 8. The summed E-state index contributed by atoms with van der Waals surface area (Å²) in [6, 6.07) is -15.9. The van der Waals surface area contributed by atoms with Crippen LogP contribution < -0.4 is 126 Å². The van der Waals surface area contributed by atoms with Crippen LogP contribution in [-0.2, 0) is 107 Å². The fourth-order valence-corrected chi connectivity index (χ4v) is 11.9. The van der Waals surface area contributed by atoms with Gasteiger partial charge in [-0.25, -0.2) is 4.79 Å². The van der Waals surface area contributed by atoms with Crippen molar-refractivity contribution in [3.63, 3.8) is 0 Å². The Bertz CT molecular complexity index is 4030. The molecule has 50 heteroatoms. The number of carboxylic acids is 3. The van der Waals surface area contributed by atoms with Crippen LogP contribution in [0.15, 0.2) is 34.3 Å². The molecule has 0 spiro atoms. The summed E-state index contributed by atoms with van der Waals surface area (Å²) in [5.74, 6) is -27.2. The van der Waals surface area contributed by atoms with Crippen molar-refractivity contribution >= 4 is 148 Å². The first-order chi connectivity index (χ1) is 58.4. The van der Waals surface area contributed by atoms with E-state index in [1.807, 2.05) is 5.32 Å². The lowest BCUT2D eigenvalue weighted by atomic mass is 9.94. The van der Waals surface area contributed by atoms with Crippen molar-refractivity contribution in [2.24, 2.45) is 79.5 Å². The first-order valence-electron chi connectivity index (χ1n) is 40.0. The van der Waals surface area contributed by atoms with Crippen molar-refractivity contribution in [3.8, 4) is 0 Å². The molecule has 0 fully saturated rings. The lowest BCUT2D eigenvalue weighted by molar-refractivity contribution is -0.143. The number of guanidine groups is 2. The molecule has 49 nitrogen and oxygen atoms in total. The third-order valence-electron chi connectivity index (χ3n) is 18.8. The van der Waals surface area contributed by atoms with Gasteiger partial charge in [0.25, 0.3) is 0 Å². The summed E-state index contributed by atoms with van der Waals surface area (Å²) in [6.07, 6.45) is -5.64. The van der Waals surface area contributed by atoms with Crippen molar-refractivity contribution in [1.29, 1.82) is 0 Å². The number of primary amides is 3. The molecule has 0 aliphatic rings. The molecule has 0 saturated carbocycles. The molecule has 1 aromatic carbocycles. The average Bonchev–Trinajstić information content (AvgIpc) is 0.843. The maximum Gasteiger partial charge on any atom is 0.326 e. The number of carbonyl (C=O) groups is 21. The third-order valence-corrected chi connectivity index (χ3v) is 19.0. The molecule has 18 amide bonds. The maximum atomic E-state index is 14.4. The zero-order valence-electron chi connectivity index (χ0n) is 71.1. The number of nitrogens with zero attached hydrogens (tertiary/aromatic N) is 2. The minimum atomic E-state index is -2.20. The molecule has 1 rings (SSSR count). The van der Waals surface area contributed by atoms with Gasteiger partial charge in [0.1, 0.15) is 78.5 Å². The second-order valence-electron chi connectivity index (χ2n) is 30.1. The Morgan fingerprint density at radius 2 is 0.760 bits per heavy atom. The highest BCUT2D eigenvalue weighted by molar-refractivity contribution is 6.30. The summed E-state index contributed by atoms with van der Waals surface area (Å²) in [5.41, 5.74) is 43.3. The molecular formula is C75H122ClN25O24. The fourth-order valence-electron chi connectivity index (χ4n) is 11.7. The summed E-state index contributed by atoms with van der Waals surface area (Å²) in [7, 11) is 0. The molecule has 0 saturated heterocycles. The van der Waals surface area contributed by atoms with Crippen LogP contribution in [0.1, 0.15) is 158 Å². The van der Waals surface area contributed by atoms with E-state index in [1.165, 1.54) is 38.1 Å². The van der Waals surface area contributed by atoms with Crippen LogP contribution in [-0.4, -0.2) is 263 Å². The molecule has 0 bridgehead atoms. The summed E-state index contributed by atoms with van der Waals surface area (Å²) in [4.78, 5) is 287. The van der Waals surface area contributed by atoms with Gasteiger partial charge in [0.15, 0.2) is 11.9 Å². The highest BCUT2D eigenvalue weighted by Gasteiger charge is 2.39. The minimum Gasteiger partial charge on any atom is -0.481 e. The Balaban J connectivity index is 3.51. The van der Waals surface area contributed by atoms with Gasteiger partial charge in [-0.1, -0.05) is 92.0 Å². The fraction of sp³-hybridized carbons (Fsp3) is 0.613. The summed E-state index contributed by atoms with van der Waals surface area (Å²) in [5, 5.41) is 65.1. The number of carbonyl (C=O) groups excluding carboxylic acids is 18. The lowest BCUT2D eigenvalue weighted by Crippen LogP contribution is -2.61. The molecule has 34 N–H and O–H groups in total. The Hall–Kier alpha value is -13.1. The average molecular weight is 1790 g/mol. The molecule has 0 radical (unpaired) electrons. The molecule has 698 valence electrons. The molecule has 0 aliphatic heterocycles. The van der Waals surface area contributed by atoms with Gasteiger partial charge < -0.3 is 141 Å². The number of nitrogens with one attached hydrogen (secondary N) is 15. The summed E-state index contributed by atoms with van der Waals surface area (Å²) in [6.45, 7) is 11.6. The third kappa shape index (κ3) is 44.0. The topological polar surface area (TPSA) is 832 Å². The summed E-state index contributed by atoms with van der Waals surface area (Å²) >= 11 is 6.19. The van der Waals surface area contributed by atoms with Gasteiger partial charge in [-0.3, -0.25) is 106 Å². The monoisotopic (exact) mass is 1790 g/mol. The largest absolute Gasteiger partial charge is 0.481 e. The van der Waals surface area contributed by atoms with Crippen molar-refractivity contribution in [2.75, 3.05) is 32.7 Å². The predicted octanol–water partition coefficient (Wildman–Crippen LogP) is -9.26. The van der Waals surface area contributed by atoms with Gasteiger partial charge >= 0.3 is 17.9 Å². The number of aliphatic carboxylic acids is 3. The number of hydrogen-bond donors (Lipinski definition) is 26. The van der Waals surface area contributed by atoms with E-state index in [4.69, 9.17) is 57.5 Å². The van der Waals surface area contributed by atoms with Gasteiger partial charge in [-0.05, 0) is 93.2 Å². The maximum absolute atomic E-state index is 14.4. The highest BCUT2D eigenvalue weighted by Crippen LogP contribution is 2.17. The number of hydrogen-bond acceptors (Lipinski definition) is 24. The zero-order chi connectivity index (χ0) is 95.2. The first kappa shape index (κ1) is 110. The lowest BCUT2D eigenvalue weighted by Gasteiger charge is -2.30. The Kier molecular flexibility index (Phi) is 49.7. The van der Waals surface area contributed by atoms with Crippen LogP contribution in [0.5, 0.6) is 0 Å². The molecule has 0 aromatic heterocycles. The van der Waals surface area contributed by atoms with Gasteiger partial charge in [-0.2, -0.15) is 0 Å². The first-order valence-corrected chi connectivity index (χ1v) is 40.4. The molecule has 0 aliphatic carbocycles. The number of halogens is 1. The summed E-state index contributed by atoms with van der Waals surface area (Å²) < 4.78 is 0. The molecule has 15 atom stereocenters. The highest BCUT2D eigenvalue weighted by atomic mass is 35.5. The van der Waals surface area contributed by atoms with Crippen LogP contribution in [0, 0.1) is 23.7 Å². The second-order valence-corrected chi connectivity index (χ2v) is 30.6. The van der Waals surface area contributed by atoms with E-state index in [0.717, 1.165) is 0 Å². The van der Waals surface area contributed by atoms with Crippen LogP contribution >= 0.6 is 11.6 Å². The quantitative estimate of drug-likeness (QED) is 0.0164. The van der Waals surface area contributed by atoms with E-state index in [-0.39, 0.29) is 99.3 Å². The van der Waals surface area contributed by atoms with E-state index in [9.17, 15) is 116 Å². The van der Waals surface area contributed by atoms with E-state index in [0.29, 0.717) is 0 Å². The number of benzene rings is 1. The number of carboxylic acid groups (broad SMARTS) is 3. The molecule has 0 unspecified atom stereocenters. The predicted molar refractivity (Wildman–Crippen MR) is 447 cm³/mol. The Labute approximate surface area is 724 Å². The van der Waals surface area contributed by atoms with E-state index >= 15 is 0 Å². The number of amides is 18. The van der Waals surface area contributed by atoms with Crippen LogP contribution in [0.4, 0.5) is 0 Å². The van der Waals surface area contributed by atoms with Crippen molar-refractivity contribution in [2.45, 2.75) is 237 Å². The van der Waals surface area contributed by atoms with E-state index < -0.39 is 279 Å². The molecular weight excluding hydrogens is 1670 g/mol. The zero-order valence-corrected chi connectivity index (χ0v) is 71.8. The number of aliphatic imine (C=N–C) groups is 2. The standard InChI is InChI=1S/C75H122ClN25O24/c1-10-36(7)59(71(122)88-33-55(107)92-48(29-56(108)109)68(119)98-49(30-57(110)111)69(120)96-46(27-39-15-12-16-40(76)26-39)66(117)97-47(28-52(80)104)67(118)94-44(73(124)125)18-14-24-86-75(83)84)101-72(123)60(37(8)11-2)100-61(112)38(9)89-65(116)45(25-34(3)4)95-63(114)43(20-22-51(79)103)93-62(113)41(17-13-23-85-74(81)82)91-54(106)32-87-70(121)58(35(5)6)99-64(115)42(19-21-50(78)102)90-53(105)31-77/h12,15-16,26,34-38,41-49,58-60H,10-11,13-14,17-25,27-33,77H2,1-9H3,(H2,78,102)(H2,79,103)(H2,80,104)(H,87,121)(H,88,122)(H,89,116)(H,90,105)(H,91,106)(H,92,107)(H,93,113)(H,94,118)(H,95,114)(H,96,120)(H,97,117)(H,98,119)(H,99,115)(H,100,112)(H,101,123)(H,108,109)(H,110,111)(H,124,125)(H4,81,82,85)(H4,83,84,86)/t36-,37-,38-,41-,42-,43-,44-,45-,46-,47-,48-,49-,58-,59-,60-/m0/s1. The number of rotatable bonds is 60. The normalized spacial score (nSPS) is 14.5. The van der Waals surface area contributed by atoms with Crippen molar-refractivity contribution < 1.29 is 116 Å². The van der Waals surface area contributed by atoms with Gasteiger partial charge in [0, 0.05) is 37.4 Å². The second kappa shape index (κ2) is 56.5. The molecule has 1 aromatic rings. The Morgan fingerprint density at radius 3 is 1.20 bits per heavy atom. The minimum absolute atomic E-state index is 0.0237. The van der Waals surface area contributed by atoms with Crippen LogP contribution in [0.25, 0.3) is 0 Å².